The highest BCUT2D eigenvalue weighted by Crippen LogP contribution is 2.32. The van der Waals surface area contributed by atoms with Crippen molar-refractivity contribution in [2.45, 2.75) is 19.1 Å². The third-order valence-electron chi connectivity index (χ3n) is 4.74. The van der Waals surface area contributed by atoms with E-state index in [0.29, 0.717) is 5.56 Å². The normalized spacial score (nSPS) is 16.5. The first-order valence-electron chi connectivity index (χ1n) is 9.65. The van der Waals surface area contributed by atoms with Crippen LogP contribution in [0, 0.1) is 5.92 Å². The van der Waals surface area contributed by atoms with Crippen molar-refractivity contribution in [2.24, 2.45) is 5.92 Å². The Kier molecular flexibility index (Phi) is 6.95. The fourth-order valence-electron chi connectivity index (χ4n) is 3.14. The van der Waals surface area contributed by atoms with Crippen LogP contribution in [0.5, 0.6) is 11.6 Å². The molecule has 1 aliphatic rings. The number of carbonyl (C=O) groups excluding carboxylic acids is 3. The monoisotopic (exact) mass is 465 g/mol. The lowest BCUT2D eigenvalue weighted by molar-refractivity contribution is -0.152. The molecule has 1 fully saturated rings. The summed E-state index contributed by atoms with van der Waals surface area (Å²) in [6.07, 6.45) is -3.23. The molecule has 174 valence electrons. The van der Waals surface area contributed by atoms with Crippen LogP contribution in [0.1, 0.15) is 17.5 Å². The molecular weight excluding hydrogens is 447 g/mol. The van der Waals surface area contributed by atoms with Crippen molar-refractivity contribution in [3.05, 3.63) is 53.7 Å². The lowest BCUT2D eigenvalue weighted by Crippen LogP contribution is -2.52. The average Bonchev–Trinajstić information content (AvgIpc) is 2.75. The number of aliphatic carboxylic acids is 1. The number of hydrogen-bond donors (Lipinski definition) is 2. The molecule has 1 atom stereocenters. The number of halogens is 3. The number of alkyl halides is 3. The molecule has 2 aromatic rings. The van der Waals surface area contributed by atoms with E-state index in [1.165, 1.54) is 29.3 Å². The summed E-state index contributed by atoms with van der Waals surface area (Å²) in [7, 11) is 0. The fraction of sp³-hybridized carbons (Fsp3) is 0.286. The fourth-order valence-corrected chi connectivity index (χ4v) is 3.14. The van der Waals surface area contributed by atoms with Crippen molar-refractivity contribution in [3.8, 4) is 11.6 Å². The van der Waals surface area contributed by atoms with Gasteiger partial charge in [-0.3, -0.25) is 19.2 Å². The van der Waals surface area contributed by atoms with Crippen LogP contribution in [0.3, 0.4) is 0 Å². The van der Waals surface area contributed by atoms with Gasteiger partial charge in [0, 0.05) is 31.8 Å². The predicted octanol–water partition coefficient (Wildman–Crippen LogP) is 2.01. The Hall–Kier alpha value is -3.96. The minimum absolute atomic E-state index is 0.0195. The number of Topliss-reactive ketones (excluding diaryl/α,β-unsaturated/α-hetero) is 1. The maximum absolute atomic E-state index is 12.8. The van der Waals surface area contributed by atoms with Crippen LogP contribution >= 0.6 is 0 Å². The molecule has 2 heterocycles. The van der Waals surface area contributed by atoms with E-state index in [0.717, 1.165) is 12.1 Å². The Morgan fingerprint density at radius 1 is 1.21 bits per heavy atom. The van der Waals surface area contributed by atoms with Crippen LogP contribution in [0.15, 0.2) is 42.6 Å². The van der Waals surface area contributed by atoms with E-state index in [2.05, 4.69) is 4.98 Å². The van der Waals surface area contributed by atoms with Gasteiger partial charge in [-0.1, -0.05) is 12.1 Å². The molecule has 9 nitrogen and oxygen atoms in total. The molecule has 0 bridgehead atoms. The number of hydrogen-bond acceptors (Lipinski definition) is 6. The number of carboxylic acids is 1. The minimum atomic E-state index is -4.51. The van der Waals surface area contributed by atoms with Crippen LogP contribution < -0.4 is 10.1 Å². The van der Waals surface area contributed by atoms with Crippen molar-refractivity contribution in [1.29, 1.82) is 0 Å². The first-order valence-corrected chi connectivity index (χ1v) is 9.65. The number of amides is 2. The lowest BCUT2D eigenvalue weighted by atomic mass is 9.94. The Morgan fingerprint density at radius 2 is 1.97 bits per heavy atom. The summed E-state index contributed by atoms with van der Waals surface area (Å²) in [5.41, 5.74) is -0.337. The zero-order valence-corrected chi connectivity index (χ0v) is 17.0. The topological polar surface area (TPSA) is 126 Å². The molecule has 12 heteroatoms. The highest BCUT2D eigenvalue weighted by molar-refractivity contribution is 6.19. The lowest BCUT2D eigenvalue weighted by Gasteiger charge is -2.30. The molecule has 1 aromatic heterocycles. The van der Waals surface area contributed by atoms with Gasteiger partial charge in [0.05, 0.1) is 5.56 Å². The van der Waals surface area contributed by atoms with E-state index in [1.54, 1.807) is 6.07 Å². The molecule has 0 radical (unpaired) electrons. The second-order valence-corrected chi connectivity index (χ2v) is 7.15. The summed E-state index contributed by atoms with van der Waals surface area (Å²) in [6.45, 7) is -0.623. The van der Waals surface area contributed by atoms with E-state index < -0.39 is 47.8 Å². The SMILES string of the molecule is O=C(O)CNC(=O)C1C(=O)CCN(Cc2ccc(Oc3cccc(C(F)(F)F)c3)nc2)C1=O. The van der Waals surface area contributed by atoms with Gasteiger partial charge in [0.25, 0.3) is 0 Å². The Labute approximate surface area is 185 Å². The molecule has 1 unspecified atom stereocenters. The number of nitrogens with one attached hydrogen (secondary N) is 1. The highest BCUT2D eigenvalue weighted by atomic mass is 19.4. The maximum atomic E-state index is 12.8. The summed E-state index contributed by atoms with van der Waals surface area (Å²) < 4.78 is 43.8. The molecular formula is C21H18F3N3O6. The zero-order chi connectivity index (χ0) is 24.2. The number of benzene rings is 1. The standard InChI is InChI=1S/C21H18F3N3O6/c22-21(23,24)13-2-1-3-14(8-13)33-16-5-4-12(9-25-16)11-27-7-6-15(28)18(20(27)32)19(31)26-10-17(29)30/h1-5,8-9,18H,6-7,10-11H2,(H,26,31)(H,29,30). The summed E-state index contributed by atoms with van der Waals surface area (Å²) in [4.78, 5) is 52.6. The van der Waals surface area contributed by atoms with Crippen LogP contribution in [-0.2, 0) is 31.9 Å². The number of carboxylic acid groups (broad SMARTS) is 1. The van der Waals surface area contributed by atoms with E-state index in [4.69, 9.17) is 9.84 Å². The van der Waals surface area contributed by atoms with Gasteiger partial charge < -0.3 is 20.1 Å². The number of carbonyl (C=O) groups is 4. The number of ether oxygens (including phenoxy) is 1. The van der Waals surface area contributed by atoms with Gasteiger partial charge in [0.15, 0.2) is 11.7 Å². The van der Waals surface area contributed by atoms with E-state index in [9.17, 15) is 32.3 Å². The number of aromatic nitrogens is 1. The molecule has 0 aliphatic carbocycles. The number of ketones is 1. The van der Waals surface area contributed by atoms with Crippen LogP contribution in [-0.4, -0.2) is 51.6 Å². The average molecular weight is 465 g/mol. The zero-order valence-electron chi connectivity index (χ0n) is 17.0. The van der Waals surface area contributed by atoms with E-state index in [1.807, 2.05) is 5.32 Å². The van der Waals surface area contributed by atoms with Gasteiger partial charge in [0.1, 0.15) is 12.3 Å². The Bertz CT molecular complexity index is 1070. The number of piperidine rings is 1. The largest absolute Gasteiger partial charge is 0.480 e. The van der Waals surface area contributed by atoms with E-state index in [-0.39, 0.29) is 31.1 Å². The maximum Gasteiger partial charge on any atom is 0.416 e. The van der Waals surface area contributed by atoms with Crippen LogP contribution in [0.2, 0.25) is 0 Å². The smallest absolute Gasteiger partial charge is 0.416 e. The Balaban J connectivity index is 1.64. The summed E-state index contributed by atoms with van der Waals surface area (Å²) in [5.74, 6) is -5.27. The van der Waals surface area contributed by atoms with Crippen molar-refractivity contribution in [3.63, 3.8) is 0 Å². The summed E-state index contributed by atoms with van der Waals surface area (Å²) in [5, 5.41) is 10.7. The van der Waals surface area contributed by atoms with Crippen molar-refractivity contribution >= 4 is 23.6 Å². The molecule has 1 aliphatic heterocycles. The predicted molar refractivity (Wildman–Crippen MR) is 105 cm³/mol. The number of rotatable bonds is 7. The van der Waals surface area contributed by atoms with Crippen molar-refractivity contribution in [2.75, 3.05) is 13.1 Å². The molecule has 2 amide bonds. The van der Waals surface area contributed by atoms with Crippen LogP contribution in [0.4, 0.5) is 13.2 Å². The van der Waals surface area contributed by atoms with Gasteiger partial charge in [0.2, 0.25) is 17.7 Å². The Morgan fingerprint density at radius 3 is 2.61 bits per heavy atom. The summed E-state index contributed by atoms with van der Waals surface area (Å²) in [6, 6.07) is 7.27. The number of likely N-dealkylation sites (tertiary alicyclic amines) is 1. The van der Waals surface area contributed by atoms with Gasteiger partial charge in [-0.15, -0.1) is 0 Å². The molecule has 0 spiro atoms. The first kappa shape index (κ1) is 23.7. The summed E-state index contributed by atoms with van der Waals surface area (Å²) >= 11 is 0. The third kappa shape index (κ3) is 6.05. The van der Waals surface area contributed by atoms with E-state index >= 15 is 0 Å². The van der Waals surface area contributed by atoms with Gasteiger partial charge in [-0.2, -0.15) is 13.2 Å². The minimum Gasteiger partial charge on any atom is -0.480 e. The van der Waals surface area contributed by atoms with Crippen molar-refractivity contribution in [1.82, 2.24) is 15.2 Å². The number of pyridine rings is 1. The molecule has 1 saturated heterocycles. The van der Waals surface area contributed by atoms with Crippen LogP contribution in [0.25, 0.3) is 0 Å². The quantitative estimate of drug-likeness (QED) is 0.599. The first-order chi connectivity index (χ1) is 15.5. The molecule has 1 aromatic carbocycles. The second-order valence-electron chi connectivity index (χ2n) is 7.15. The van der Waals surface area contributed by atoms with Gasteiger partial charge in [-0.05, 0) is 23.8 Å². The molecule has 0 saturated carbocycles. The highest BCUT2D eigenvalue weighted by Gasteiger charge is 2.40. The molecule has 33 heavy (non-hydrogen) atoms. The molecule has 2 N–H and O–H groups in total. The van der Waals surface area contributed by atoms with Gasteiger partial charge >= 0.3 is 12.1 Å². The van der Waals surface area contributed by atoms with Crippen molar-refractivity contribution < 1.29 is 42.2 Å². The van der Waals surface area contributed by atoms with Gasteiger partial charge in [-0.25, -0.2) is 4.98 Å². The second kappa shape index (κ2) is 9.67. The third-order valence-corrected chi connectivity index (χ3v) is 4.74. The number of nitrogens with zero attached hydrogens (tertiary/aromatic N) is 2. The molecule has 3 rings (SSSR count).